The van der Waals surface area contributed by atoms with E-state index in [0.29, 0.717) is 17.4 Å². The summed E-state index contributed by atoms with van der Waals surface area (Å²) in [6.45, 7) is 2.48. The first-order valence-electron chi connectivity index (χ1n) is 8.16. The van der Waals surface area contributed by atoms with Crippen LogP contribution < -0.4 is 16.1 Å². The number of rotatable bonds is 2. The number of hydrogen-bond acceptors (Lipinski definition) is 3. The SMILES string of the molecule is Cc1ccc2c(c1)N(C(=O)Cn1c(=O)[nH]c(=O)c3ccccc31)CC2. The third kappa shape index (κ3) is 2.55. The van der Waals surface area contributed by atoms with Gasteiger partial charge in [-0.15, -0.1) is 0 Å². The maximum absolute atomic E-state index is 12.8. The van der Waals surface area contributed by atoms with Gasteiger partial charge in [-0.2, -0.15) is 0 Å². The number of carbonyl (C=O) groups is 1. The Kier molecular flexibility index (Phi) is 3.53. The van der Waals surface area contributed by atoms with Crippen molar-refractivity contribution in [3.8, 4) is 0 Å². The Morgan fingerprint density at radius 3 is 2.80 bits per heavy atom. The van der Waals surface area contributed by atoms with Crippen molar-refractivity contribution in [3.63, 3.8) is 0 Å². The fraction of sp³-hybridized carbons (Fsp3) is 0.211. The minimum Gasteiger partial charge on any atom is -0.310 e. The largest absolute Gasteiger partial charge is 0.329 e. The van der Waals surface area contributed by atoms with Crippen LogP contribution in [0.15, 0.2) is 52.1 Å². The number of aromatic amines is 1. The van der Waals surface area contributed by atoms with Gasteiger partial charge in [-0.3, -0.25) is 19.1 Å². The van der Waals surface area contributed by atoms with E-state index in [1.54, 1.807) is 29.2 Å². The number of aryl methyl sites for hydroxylation is 1. The summed E-state index contributed by atoms with van der Waals surface area (Å²) >= 11 is 0. The molecule has 1 aliphatic rings. The Labute approximate surface area is 143 Å². The van der Waals surface area contributed by atoms with Crippen LogP contribution in [0.1, 0.15) is 11.1 Å². The predicted molar refractivity (Wildman–Crippen MR) is 96.1 cm³/mol. The number of hydrogen-bond donors (Lipinski definition) is 1. The average molecular weight is 335 g/mol. The second kappa shape index (κ2) is 5.73. The predicted octanol–water partition coefficient (Wildman–Crippen LogP) is 1.59. The Bertz CT molecular complexity index is 1110. The molecule has 126 valence electrons. The highest BCUT2D eigenvalue weighted by Crippen LogP contribution is 2.29. The summed E-state index contributed by atoms with van der Waals surface area (Å²) in [6.07, 6.45) is 0.808. The van der Waals surface area contributed by atoms with Crippen molar-refractivity contribution in [2.24, 2.45) is 0 Å². The van der Waals surface area contributed by atoms with Crippen molar-refractivity contribution < 1.29 is 4.79 Å². The highest BCUT2D eigenvalue weighted by molar-refractivity contribution is 5.96. The van der Waals surface area contributed by atoms with Gasteiger partial charge >= 0.3 is 5.69 Å². The van der Waals surface area contributed by atoms with Crippen LogP contribution in [0.5, 0.6) is 0 Å². The molecule has 0 fully saturated rings. The van der Waals surface area contributed by atoms with Gasteiger partial charge in [0.05, 0.1) is 10.9 Å². The first kappa shape index (κ1) is 15.4. The molecular formula is C19H17N3O3. The minimum atomic E-state index is -0.569. The lowest BCUT2D eigenvalue weighted by Gasteiger charge is -2.19. The van der Waals surface area contributed by atoms with E-state index in [1.807, 2.05) is 25.1 Å². The molecule has 0 radical (unpaired) electrons. The number of nitrogens with one attached hydrogen (secondary N) is 1. The zero-order chi connectivity index (χ0) is 17.6. The normalized spacial score (nSPS) is 13.2. The fourth-order valence-corrected chi connectivity index (χ4v) is 3.37. The molecule has 0 bridgehead atoms. The van der Waals surface area contributed by atoms with E-state index in [1.165, 1.54) is 4.57 Å². The van der Waals surface area contributed by atoms with E-state index >= 15 is 0 Å². The molecule has 25 heavy (non-hydrogen) atoms. The topological polar surface area (TPSA) is 75.2 Å². The summed E-state index contributed by atoms with van der Waals surface area (Å²) in [5.41, 5.74) is 2.59. The van der Waals surface area contributed by atoms with Crippen LogP contribution in [-0.2, 0) is 17.8 Å². The summed E-state index contributed by atoms with van der Waals surface area (Å²) in [5, 5.41) is 0.396. The fourth-order valence-electron chi connectivity index (χ4n) is 3.37. The molecule has 0 spiro atoms. The minimum absolute atomic E-state index is 0.108. The molecule has 4 rings (SSSR count). The Morgan fingerprint density at radius 2 is 1.96 bits per heavy atom. The van der Waals surface area contributed by atoms with Gasteiger partial charge in [-0.1, -0.05) is 24.3 Å². The Hall–Kier alpha value is -3.15. The van der Waals surface area contributed by atoms with Gasteiger partial charge < -0.3 is 4.90 Å². The third-order valence-electron chi connectivity index (χ3n) is 4.64. The van der Waals surface area contributed by atoms with E-state index in [2.05, 4.69) is 4.98 Å². The summed E-state index contributed by atoms with van der Waals surface area (Å²) < 4.78 is 1.33. The standard InChI is InChI=1S/C19H17N3O3/c1-12-6-7-13-8-9-21(16(13)10-12)17(23)11-22-15-5-3-2-4-14(15)18(24)20-19(22)25/h2-7,10H,8-9,11H2,1H3,(H,20,24,25). The molecule has 0 atom stereocenters. The zero-order valence-electron chi connectivity index (χ0n) is 13.8. The van der Waals surface area contributed by atoms with Gasteiger partial charge in [0.2, 0.25) is 5.91 Å². The van der Waals surface area contributed by atoms with Gasteiger partial charge in [0.1, 0.15) is 6.54 Å². The molecule has 1 N–H and O–H groups in total. The van der Waals surface area contributed by atoms with Gasteiger partial charge in [-0.25, -0.2) is 4.79 Å². The number of amides is 1. The maximum atomic E-state index is 12.8. The number of benzene rings is 2. The monoisotopic (exact) mass is 335 g/mol. The average Bonchev–Trinajstić information content (AvgIpc) is 3.01. The van der Waals surface area contributed by atoms with Crippen molar-refractivity contribution in [2.45, 2.75) is 19.9 Å². The second-order valence-corrected chi connectivity index (χ2v) is 6.29. The Morgan fingerprint density at radius 1 is 1.16 bits per heavy atom. The maximum Gasteiger partial charge on any atom is 0.329 e. The lowest BCUT2D eigenvalue weighted by Crippen LogP contribution is -2.38. The molecule has 0 aliphatic carbocycles. The van der Waals surface area contributed by atoms with E-state index in [-0.39, 0.29) is 12.5 Å². The smallest absolute Gasteiger partial charge is 0.310 e. The highest BCUT2D eigenvalue weighted by Gasteiger charge is 2.25. The molecular weight excluding hydrogens is 318 g/mol. The first-order valence-corrected chi connectivity index (χ1v) is 8.16. The van der Waals surface area contributed by atoms with Crippen molar-refractivity contribution in [1.29, 1.82) is 0 Å². The summed E-state index contributed by atoms with van der Waals surface area (Å²) in [5.74, 6) is -0.163. The van der Waals surface area contributed by atoms with Crippen LogP contribution in [-0.4, -0.2) is 22.0 Å². The van der Waals surface area contributed by atoms with Gasteiger partial charge in [0.25, 0.3) is 5.56 Å². The molecule has 1 aromatic heterocycles. The van der Waals surface area contributed by atoms with E-state index in [4.69, 9.17) is 0 Å². The summed E-state index contributed by atoms with van der Waals surface area (Å²) in [6, 6.07) is 12.9. The van der Waals surface area contributed by atoms with Crippen LogP contribution in [0.4, 0.5) is 5.69 Å². The van der Waals surface area contributed by atoms with Crippen LogP contribution >= 0.6 is 0 Å². The molecule has 0 saturated heterocycles. The number of nitrogens with zero attached hydrogens (tertiary/aromatic N) is 2. The van der Waals surface area contributed by atoms with Crippen LogP contribution in [0.25, 0.3) is 10.9 Å². The number of anilines is 1. The molecule has 0 unspecified atom stereocenters. The molecule has 3 aromatic rings. The van der Waals surface area contributed by atoms with Crippen molar-refractivity contribution >= 4 is 22.5 Å². The third-order valence-corrected chi connectivity index (χ3v) is 4.64. The van der Waals surface area contributed by atoms with E-state index < -0.39 is 11.2 Å². The molecule has 0 saturated carbocycles. The number of H-pyrrole nitrogens is 1. The molecule has 2 aromatic carbocycles. The molecule has 2 heterocycles. The van der Waals surface area contributed by atoms with Crippen molar-refractivity contribution in [2.75, 3.05) is 11.4 Å². The lowest BCUT2D eigenvalue weighted by molar-refractivity contribution is -0.119. The number of aromatic nitrogens is 2. The number of para-hydroxylation sites is 1. The number of carbonyl (C=O) groups excluding carboxylic acids is 1. The molecule has 6 heteroatoms. The van der Waals surface area contributed by atoms with Crippen LogP contribution in [0.3, 0.4) is 0 Å². The highest BCUT2D eigenvalue weighted by atomic mass is 16.2. The summed E-state index contributed by atoms with van der Waals surface area (Å²) in [4.78, 5) is 41.0. The van der Waals surface area contributed by atoms with E-state index in [0.717, 1.165) is 23.2 Å². The Balaban J connectivity index is 1.74. The lowest BCUT2D eigenvalue weighted by atomic mass is 10.1. The van der Waals surface area contributed by atoms with Crippen molar-refractivity contribution in [1.82, 2.24) is 9.55 Å². The summed E-state index contributed by atoms with van der Waals surface area (Å²) in [7, 11) is 0. The molecule has 1 aliphatic heterocycles. The quantitative estimate of drug-likeness (QED) is 0.773. The van der Waals surface area contributed by atoms with Gasteiger partial charge in [0.15, 0.2) is 0 Å². The van der Waals surface area contributed by atoms with E-state index in [9.17, 15) is 14.4 Å². The molecule has 1 amide bonds. The van der Waals surface area contributed by atoms with Gasteiger partial charge in [0, 0.05) is 12.2 Å². The van der Waals surface area contributed by atoms with Crippen LogP contribution in [0, 0.1) is 6.92 Å². The number of fused-ring (bicyclic) bond motifs is 2. The van der Waals surface area contributed by atoms with Crippen LogP contribution in [0.2, 0.25) is 0 Å². The van der Waals surface area contributed by atoms with Gasteiger partial charge in [-0.05, 0) is 42.7 Å². The first-order chi connectivity index (χ1) is 12.0. The zero-order valence-corrected chi connectivity index (χ0v) is 13.8. The molecule has 6 nitrogen and oxygen atoms in total. The van der Waals surface area contributed by atoms with Crippen molar-refractivity contribution in [3.05, 3.63) is 74.4 Å². The second-order valence-electron chi connectivity index (χ2n) is 6.29.